The average molecular weight is 426 g/mol. The van der Waals surface area contributed by atoms with Gasteiger partial charge in [-0.3, -0.25) is 0 Å². The first-order valence-corrected chi connectivity index (χ1v) is 11.5. The highest BCUT2D eigenvalue weighted by Gasteiger charge is 2.28. The number of nitrogens with zero attached hydrogens (tertiary/aromatic N) is 4. The molecular weight excluding hydrogens is 404 g/mol. The fourth-order valence-electron chi connectivity index (χ4n) is 3.89. The van der Waals surface area contributed by atoms with Crippen molar-refractivity contribution in [2.24, 2.45) is 0 Å². The lowest BCUT2D eigenvalue weighted by atomic mass is 10.2. The molecule has 1 fully saturated rings. The summed E-state index contributed by atoms with van der Waals surface area (Å²) >= 11 is 0. The number of ether oxygens (including phenoxy) is 2. The molecule has 0 aliphatic carbocycles. The maximum atomic E-state index is 12.8. The van der Waals surface area contributed by atoms with Crippen LogP contribution in [0.1, 0.15) is 5.56 Å². The van der Waals surface area contributed by atoms with Crippen LogP contribution >= 0.6 is 0 Å². The third-order valence-electron chi connectivity index (χ3n) is 5.40. The number of hydrogen-bond donors (Lipinski definition) is 0. The molecule has 156 valence electrons. The van der Waals surface area contributed by atoms with Crippen LogP contribution in [0.5, 0.6) is 11.5 Å². The second-order valence-corrected chi connectivity index (χ2v) is 9.31. The lowest BCUT2D eigenvalue weighted by Crippen LogP contribution is -2.49. The molecule has 3 heterocycles. The molecule has 1 saturated heterocycles. The summed E-state index contributed by atoms with van der Waals surface area (Å²) in [6, 6.07) is 13.1. The number of hydrogen-bond acceptors (Lipinski definition) is 7. The number of sulfonamides is 1. The Morgan fingerprint density at radius 2 is 1.60 bits per heavy atom. The van der Waals surface area contributed by atoms with E-state index < -0.39 is 10.0 Å². The Kier molecular flexibility index (Phi) is 4.92. The number of piperazine rings is 1. The van der Waals surface area contributed by atoms with Crippen LogP contribution in [0.25, 0.3) is 10.9 Å². The highest BCUT2D eigenvalue weighted by atomic mass is 32.2. The molecule has 2 aliphatic heterocycles. The van der Waals surface area contributed by atoms with Gasteiger partial charge in [0.1, 0.15) is 25.4 Å². The van der Waals surface area contributed by atoms with E-state index >= 15 is 0 Å². The third kappa shape index (κ3) is 3.66. The van der Waals surface area contributed by atoms with Gasteiger partial charge < -0.3 is 14.4 Å². The molecule has 0 radical (unpaired) electrons. The number of rotatable bonds is 4. The topological polar surface area (TPSA) is 84.9 Å². The SMILES string of the molecule is O=S(=O)(Cc1ccccc1)N1CCN(c2ncnc3cc4c(cc23)OCCO4)CC1. The van der Waals surface area contributed by atoms with Gasteiger partial charge in [-0.25, -0.2) is 18.4 Å². The van der Waals surface area contributed by atoms with E-state index in [0.29, 0.717) is 50.9 Å². The van der Waals surface area contributed by atoms with Gasteiger partial charge >= 0.3 is 0 Å². The molecule has 0 saturated carbocycles. The van der Waals surface area contributed by atoms with Gasteiger partial charge in [-0.15, -0.1) is 0 Å². The van der Waals surface area contributed by atoms with E-state index in [1.807, 2.05) is 42.5 Å². The molecule has 5 rings (SSSR count). The second-order valence-electron chi connectivity index (χ2n) is 7.34. The minimum atomic E-state index is -3.36. The second kappa shape index (κ2) is 7.73. The summed E-state index contributed by atoms with van der Waals surface area (Å²) < 4.78 is 38.6. The van der Waals surface area contributed by atoms with Gasteiger partial charge in [-0.1, -0.05) is 30.3 Å². The summed E-state index contributed by atoms with van der Waals surface area (Å²) in [6.45, 7) is 3.01. The fourth-order valence-corrected chi connectivity index (χ4v) is 5.40. The van der Waals surface area contributed by atoms with Crippen molar-refractivity contribution in [3.8, 4) is 11.5 Å². The van der Waals surface area contributed by atoms with Gasteiger partial charge in [0.05, 0.1) is 11.3 Å². The Labute approximate surface area is 175 Å². The van der Waals surface area contributed by atoms with E-state index in [-0.39, 0.29) is 5.75 Å². The molecule has 9 heteroatoms. The zero-order valence-corrected chi connectivity index (χ0v) is 17.2. The summed E-state index contributed by atoms with van der Waals surface area (Å²) in [5.74, 6) is 2.19. The van der Waals surface area contributed by atoms with E-state index in [0.717, 1.165) is 22.3 Å². The smallest absolute Gasteiger partial charge is 0.218 e. The summed E-state index contributed by atoms with van der Waals surface area (Å²) in [4.78, 5) is 11.0. The van der Waals surface area contributed by atoms with Crippen LogP contribution in [-0.4, -0.2) is 62.1 Å². The average Bonchev–Trinajstić information content (AvgIpc) is 2.78. The molecule has 2 aromatic carbocycles. The highest BCUT2D eigenvalue weighted by Crippen LogP contribution is 2.36. The van der Waals surface area contributed by atoms with Crippen molar-refractivity contribution in [3.05, 3.63) is 54.4 Å². The molecular formula is C21H22N4O4S. The molecule has 30 heavy (non-hydrogen) atoms. The predicted octanol–water partition coefficient (Wildman–Crippen LogP) is 2.05. The summed E-state index contributed by atoms with van der Waals surface area (Å²) in [7, 11) is -3.36. The molecule has 0 spiro atoms. The largest absolute Gasteiger partial charge is 0.486 e. The van der Waals surface area contributed by atoms with Gasteiger partial charge in [0, 0.05) is 37.6 Å². The van der Waals surface area contributed by atoms with Crippen LogP contribution in [0.15, 0.2) is 48.8 Å². The molecule has 0 amide bonds. The van der Waals surface area contributed by atoms with Crippen molar-refractivity contribution in [1.29, 1.82) is 0 Å². The monoisotopic (exact) mass is 426 g/mol. The summed E-state index contributed by atoms with van der Waals surface area (Å²) in [5, 5.41) is 0.877. The van der Waals surface area contributed by atoms with Gasteiger partial charge in [-0.2, -0.15) is 4.31 Å². The van der Waals surface area contributed by atoms with E-state index in [1.54, 1.807) is 4.31 Å². The summed E-state index contributed by atoms with van der Waals surface area (Å²) in [5.41, 5.74) is 1.58. The van der Waals surface area contributed by atoms with Crippen LogP contribution in [0, 0.1) is 0 Å². The van der Waals surface area contributed by atoms with Crippen LogP contribution in [-0.2, 0) is 15.8 Å². The van der Waals surface area contributed by atoms with Crippen LogP contribution in [0.4, 0.5) is 5.82 Å². The molecule has 1 aromatic heterocycles. The number of anilines is 1. The summed E-state index contributed by atoms with van der Waals surface area (Å²) in [6.07, 6.45) is 1.53. The van der Waals surface area contributed by atoms with Gasteiger partial charge in [-0.05, 0) is 11.6 Å². The Hall–Kier alpha value is -2.91. The zero-order chi connectivity index (χ0) is 20.6. The first-order valence-electron chi connectivity index (χ1n) is 9.91. The first-order chi connectivity index (χ1) is 14.6. The molecule has 8 nitrogen and oxygen atoms in total. The molecule has 0 unspecified atom stereocenters. The predicted molar refractivity (Wildman–Crippen MR) is 113 cm³/mol. The molecule has 3 aromatic rings. The Balaban J connectivity index is 1.35. The normalized spacial score (nSPS) is 17.3. The number of benzene rings is 2. The van der Waals surface area contributed by atoms with Gasteiger partial charge in [0.2, 0.25) is 10.0 Å². The quantitative estimate of drug-likeness (QED) is 0.631. The Bertz CT molecular complexity index is 1160. The van der Waals surface area contributed by atoms with E-state index in [4.69, 9.17) is 9.47 Å². The standard InChI is InChI=1S/C21H22N4O4S/c26-30(27,14-16-4-2-1-3-5-16)25-8-6-24(7-9-25)21-17-12-19-20(29-11-10-28-19)13-18(17)22-15-23-21/h1-5,12-13,15H,6-11,14H2. The zero-order valence-electron chi connectivity index (χ0n) is 16.4. The molecule has 0 N–H and O–H groups in total. The van der Waals surface area contributed by atoms with Crippen LogP contribution in [0.3, 0.4) is 0 Å². The Morgan fingerprint density at radius 1 is 0.900 bits per heavy atom. The number of fused-ring (bicyclic) bond motifs is 2. The maximum Gasteiger partial charge on any atom is 0.218 e. The van der Waals surface area contributed by atoms with Gasteiger partial charge in [0.25, 0.3) is 0 Å². The fraction of sp³-hybridized carbons (Fsp3) is 0.333. The molecule has 0 bridgehead atoms. The van der Waals surface area contributed by atoms with Crippen molar-refractivity contribution < 1.29 is 17.9 Å². The van der Waals surface area contributed by atoms with Crippen molar-refractivity contribution >= 4 is 26.7 Å². The van der Waals surface area contributed by atoms with Crippen LogP contribution in [0.2, 0.25) is 0 Å². The van der Waals surface area contributed by atoms with E-state index in [9.17, 15) is 8.42 Å². The minimum absolute atomic E-state index is 0.0216. The minimum Gasteiger partial charge on any atom is -0.486 e. The Morgan fingerprint density at radius 3 is 2.33 bits per heavy atom. The van der Waals surface area contributed by atoms with Crippen molar-refractivity contribution in [2.45, 2.75) is 5.75 Å². The van der Waals surface area contributed by atoms with Gasteiger partial charge in [0.15, 0.2) is 11.5 Å². The van der Waals surface area contributed by atoms with Crippen molar-refractivity contribution in [3.63, 3.8) is 0 Å². The van der Waals surface area contributed by atoms with E-state index in [2.05, 4.69) is 14.9 Å². The van der Waals surface area contributed by atoms with Crippen molar-refractivity contribution in [2.75, 3.05) is 44.3 Å². The van der Waals surface area contributed by atoms with Crippen LogP contribution < -0.4 is 14.4 Å². The van der Waals surface area contributed by atoms with E-state index in [1.165, 1.54) is 6.33 Å². The highest BCUT2D eigenvalue weighted by molar-refractivity contribution is 7.88. The molecule has 2 aliphatic rings. The van der Waals surface area contributed by atoms with Crippen molar-refractivity contribution in [1.82, 2.24) is 14.3 Å². The third-order valence-corrected chi connectivity index (χ3v) is 7.25. The first kappa shape index (κ1) is 19.1. The number of aromatic nitrogens is 2. The molecule has 0 atom stereocenters. The lowest BCUT2D eigenvalue weighted by molar-refractivity contribution is 0.172. The lowest BCUT2D eigenvalue weighted by Gasteiger charge is -2.35. The maximum absolute atomic E-state index is 12.8.